The minimum absolute atomic E-state index is 0.242. The number of carbonyl (C=O) groups excluding carboxylic acids is 2. The average molecular weight is 271 g/mol. The lowest BCUT2D eigenvalue weighted by Crippen LogP contribution is -2.31. The molecule has 1 aliphatic rings. The quantitative estimate of drug-likeness (QED) is 0.739. The van der Waals surface area contributed by atoms with Gasteiger partial charge in [0.15, 0.2) is 0 Å². The van der Waals surface area contributed by atoms with Gasteiger partial charge in [0.2, 0.25) is 11.8 Å². The summed E-state index contributed by atoms with van der Waals surface area (Å²) in [7, 11) is 3.75. The number of hydrogen-bond donors (Lipinski definition) is 2. The first-order chi connectivity index (χ1) is 9.11. The van der Waals surface area contributed by atoms with E-state index >= 15 is 0 Å². The van der Waals surface area contributed by atoms with Gasteiger partial charge in [0.25, 0.3) is 0 Å². The van der Waals surface area contributed by atoms with Crippen LogP contribution >= 0.6 is 0 Å². The molecule has 0 atom stereocenters. The summed E-state index contributed by atoms with van der Waals surface area (Å²) in [4.78, 5) is 24.3. The van der Waals surface area contributed by atoms with Crippen LogP contribution in [0.2, 0.25) is 0 Å². The maximum atomic E-state index is 11.8. The van der Waals surface area contributed by atoms with Gasteiger partial charge in [-0.1, -0.05) is 12.8 Å². The molecule has 1 heterocycles. The number of likely N-dealkylation sites (tertiary alicyclic amines) is 1. The van der Waals surface area contributed by atoms with Gasteiger partial charge >= 0.3 is 0 Å². The highest BCUT2D eigenvalue weighted by atomic mass is 16.2. The zero-order valence-corrected chi connectivity index (χ0v) is 12.4. The van der Waals surface area contributed by atoms with E-state index in [0.29, 0.717) is 12.8 Å². The van der Waals surface area contributed by atoms with Gasteiger partial charge in [-0.2, -0.15) is 0 Å². The number of nitrogens with two attached hydrogens (primary N) is 1. The van der Waals surface area contributed by atoms with E-state index in [2.05, 4.69) is 5.32 Å². The Labute approximate surface area is 116 Å². The molecule has 0 aromatic carbocycles. The van der Waals surface area contributed by atoms with Gasteiger partial charge in [0, 0.05) is 25.9 Å². The van der Waals surface area contributed by atoms with E-state index in [9.17, 15) is 9.59 Å². The summed E-state index contributed by atoms with van der Waals surface area (Å²) in [6.07, 6.45) is 7.21. The van der Waals surface area contributed by atoms with Crippen molar-refractivity contribution >= 4 is 11.8 Å². The molecular formula is C14H29N3O2. The first kappa shape index (κ1) is 17.9. The fraction of sp³-hybridized carbons (Fsp3) is 0.857. The molecule has 0 bridgehead atoms. The van der Waals surface area contributed by atoms with E-state index < -0.39 is 0 Å². The molecule has 1 fully saturated rings. The summed E-state index contributed by atoms with van der Waals surface area (Å²) in [5.41, 5.74) is 5.04. The molecule has 0 aliphatic carbocycles. The van der Waals surface area contributed by atoms with E-state index in [1.807, 2.05) is 19.0 Å². The lowest BCUT2D eigenvalue weighted by atomic mass is 10.1. The van der Waals surface area contributed by atoms with Crippen LogP contribution in [0.15, 0.2) is 0 Å². The van der Waals surface area contributed by atoms with Crippen molar-refractivity contribution in [1.82, 2.24) is 10.2 Å². The highest BCUT2D eigenvalue weighted by Gasteiger charge is 2.14. The number of carbonyl (C=O) groups is 2. The lowest BCUT2D eigenvalue weighted by molar-refractivity contribution is -0.131. The molecule has 1 rings (SSSR count). The van der Waals surface area contributed by atoms with E-state index in [1.165, 1.54) is 12.8 Å². The lowest BCUT2D eigenvalue weighted by Gasteiger charge is -2.20. The van der Waals surface area contributed by atoms with Crippen molar-refractivity contribution in [1.29, 1.82) is 0 Å². The first-order valence-electron chi connectivity index (χ1n) is 7.26. The zero-order chi connectivity index (χ0) is 14.5. The van der Waals surface area contributed by atoms with Crippen LogP contribution in [0.3, 0.4) is 0 Å². The minimum atomic E-state index is -0.276. The third kappa shape index (κ3) is 10.5. The van der Waals surface area contributed by atoms with Crippen molar-refractivity contribution in [3.05, 3.63) is 0 Å². The Morgan fingerprint density at radius 3 is 1.95 bits per heavy atom. The van der Waals surface area contributed by atoms with Crippen LogP contribution in [0.25, 0.3) is 0 Å². The molecule has 1 saturated heterocycles. The molecule has 0 spiro atoms. The standard InChI is InChI=1S/C12H22N2O2.C2H7N/c13-11(15)7-3-4-8-12(16)14-9-5-1-2-6-10-14;1-3-2/h1-10H2,(H2,13,15);3H,1-2H3. The second-order valence-corrected chi connectivity index (χ2v) is 4.97. The van der Waals surface area contributed by atoms with Crippen molar-refractivity contribution in [2.45, 2.75) is 51.4 Å². The second-order valence-electron chi connectivity index (χ2n) is 4.97. The van der Waals surface area contributed by atoms with Crippen LogP contribution in [0.5, 0.6) is 0 Å². The van der Waals surface area contributed by atoms with Crippen LogP contribution < -0.4 is 11.1 Å². The van der Waals surface area contributed by atoms with Crippen molar-refractivity contribution in [3.8, 4) is 0 Å². The predicted octanol–water partition coefficient (Wildman–Crippen LogP) is 1.27. The topological polar surface area (TPSA) is 75.4 Å². The van der Waals surface area contributed by atoms with Crippen molar-refractivity contribution in [2.24, 2.45) is 5.73 Å². The smallest absolute Gasteiger partial charge is 0.222 e. The Hall–Kier alpha value is -1.10. The Balaban J connectivity index is 0.000000982. The second kappa shape index (κ2) is 12.0. The maximum Gasteiger partial charge on any atom is 0.222 e. The van der Waals surface area contributed by atoms with E-state index in [-0.39, 0.29) is 11.8 Å². The van der Waals surface area contributed by atoms with Crippen molar-refractivity contribution < 1.29 is 9.59 Å². The van der Waals surface area contributed by atoms with Gasteiger partial charge in [0.1, 0.15) is 0 Å². The van der Waals surface area contributed by atoms with Crippen LogP contribution in [0.1, 0.15) is 51.4 Å². The molecule has 0 aromatic rings. The Kier molecular flexibility index (Phi) is 11.3. The van der Waals surface area contributed by atoms with Gasteiger partial charge in [-0.3, -0.25) is 9.59 Å². The van der Waals surface area contributed by atoms with Crippen molar-refractivity contribution in [2.75, 3.05) is 27.2 Å². The number of primary amides is 1. The molecule has 0 radical (unpaired) electrons. The molecule has 112 valence electrons. The molecule has 2 amide bonds. The molecule has 1 aliphatic heterocycles. The van der Waals surface area contributed by atoms with Gasteiger partial charge in [-0.05, 0) is 39.8 Å². The third-order valence-corrected chi connectivity index (χ3v) is 3.02. The van der Waals surface area contributed by atoms with Crippen LogP contribution in [-0.4, -0.2) is 43.9 Å². The molecule has 3 N–H and O–H groups in total. The number of amides is 2. The molecule has 5 heteroatoms. The zero-order valence-electron chi connectivity index (χ0n) is 12.4. The highest BCUT2D eigenvalue weighted by molar-refractivity contribution is 5.76. The normalized spacial score (nSPS) is 15.2. The van der Waals surface area contributed by atoms with Gasteiger partial charge in [-0.25, -0.2) is 0 Å². The summed E-state index contributed by atoms with van der Waals surface area (Å²) in [6.45, 7) is 1.82. The van der Waals surface area contributed by atoms with Crippen LogP contribution in [0, 0.1) is 0 Å². The first-order valence-corrected chi connectivity index (χ1v) is 7.26. The number of hydrogen-bond acceptors (Lipinski definition) is 3. The number of unbranched alkanes of at least 4 members (excludes halogenated alkanes) is 1. The monoisotopic (exact) mass is 271 g/mol. The largest absolute Gasteiger partial charge is 0.370 e. The highest BCUT2D eigenvalue weighted by Crippen LogP contribution is 2.12. The van der Waals surface area contributed by atoms with Crippen molar-refractivity contribution in [3.63, 3.8) is 0 Å². The Bertz CT molecular complexity index is 249. The fourth-order valence-corrected chi connectivity index (χ4v) is 2.05. The molecule has 19 heavy (non-hydrogen) atoms. The third-order valence-electron chi connectivity index (χ3n) is 3.02. The number of nitrogens with one attached hydrogen (secondary N) is 1. The molecule has 0 aromatic heterocycles. The van der Waals surface area contributed by atoms with Crippen LogP contribution in [-0.2, 0) is 9.59 Å². The molecule has 0 saturated carbocycles. The van der Waals surface area contributed by atoms with E-state index in [4.69, 9.17) is 5.73 Å². The summed E-state index contributed by atoms with van der Waals surface area (Å²) in [5, 5.41) is 2.75. The van der Waals surface area contributed by atoms with Gasteiger partial charge in [0.05, 0.1) is 0 Å². The summed E-state index contributed by atoms with van der Waals surface area (Å²) >= 11 is 0. The van der Waals surface area contributed by atoms with E-state index in [0.717, 1.165) is 38.8 Å². The van der Waals surface area contributed by atoms with E-state index in [1.54, 1.807) is 0 Å². The summed E-state index contributed by atoms with van der Waals surface area (Å²) in [5.74, 6) is -0.0337. The molecule has 0 unspecified atom stereocenters. The maximum absolute atomic E-state index is 11.8. The summed E-state index contributed by atoms with van der Waals surface area (Å²) in [6, 6.07) is 0. The van der Waals surface area contributed by atoms with Crippen LogP contribution in [0.4, 0.5) is 0 Å². The molecular weight excluding hydrogens is 242 g/mol. The fourth-order valence-electron chi connectivity index (χ4n) is 2.05. The average Bonchev–Trinajstić information content (AvgIpc) is 2.64. The summed E-state index contributed by atoms with van der Waals surface area (Å²) < 4.78 is 0. The predicted molar refractivity (Wildman–Crippen MR) is 77.7 cm³/mol. The SMILES string of the molecule is CNC.NC(=O)CCCCC(=O)N1CCCCCC1. The number of rotatable bonds is 5. The van der Waals surface area contributed by atoms with Gasteiger partial charge < -0.3 is 16.0 Å². The van der Waals surface area contributed by atoms with Gasteiger partial charge in [-0.15, -0.1) is 0 Å². The number of nitrogens with zero attached hydrogens (tertiary/aromatic N) is 1. The Morgan fingerprint density at radius 1 is 1.00 bits per heavy atom. The Morgan fingerprint density at radius 2 is 1.47 bits per heavy atom. The minimum Gasteiger partial charge on any atom is -0.370 e. The molecule has 5 nitrogen and oxygen atoms in total.